The number of hydrogen-bond acceptors (Lipinski definition) is 4. The number of piperidine rings is 1. The van der Waals surface area contributed by atoms with E-state index in [1.54, 1.807) is 6.92 Å². The van der Waals surface area contributed by atoms with Gasteiger partial charge in [0.05, 0.1) is 11.2 Å². The highest BCUT2D eigenvalue weighted by Crippen LogP contribution is 2.26. The maximum absolute atomic E-state index is 12.4. The summed E-state index contributed by atoms with van der Waals surface area (Å²) in [6.45, 7) is 2.13. The van der Waals surface area contributed by atoms with Gasteiger partial charge in [0.25, 0.3) is 10.0 Å². The smallest absolute Gasteiger partial charge is 0.261 e. The molecule has 1 aromatic rings. The Morgan fingerprint density at radius 1 is 1.50 bits per heavy atom. The van der Waals surface area contributed by atoms with Gasteiger partial charge in [-0.1, -0.05) is 18.5 Å². The first-order chi connectivity index (χ1) is 8.34. The van der Waals surface area contributed by atoms with Gasteiger partial charge in [0.2, 0.25) is 0 Å². The molecule has 100 valence electrons. The van der Waals surface area contributed by atoms with Crippen LogP contribution in [0.5, 0.6) is 0 Å². The zero-order valence-electron chi connectivity index (χ0n) is 10.1. The number of rotatable bonds is 2. The monoisotopic (exact) mass is 291 g/mol. The van der Waals surface area contributed by atoms with Gasteiger partial charge in [-0.25, -0.2) is 8.42 Å². The SMILES string of the molecule is CC1CN(S(=O)(=O)c2c(Cl)cnn2C)CCC1=O. The van der Waals surface area contributed by atoms with Crippen molar-refractivity contribution >= 4 is 27.4 Å². The van der Waals surface area contributed by atoms with Crippen LogP contribution in [0.15, 0.2) is 11.2 Å². The molecule has 8 heteroatoms. The topological polar surface area (TPSA) is 72.3 Å². The number of nitrogens with zero attached hydrogens (tertiary/aromatic N) is 3. The van der Waals surface area contributed by atoms with E-state index >= 15 is 0 Å². The van der Waals surface area contributed by atoms with Gasteiger partial charge in [0.1, 0.15) is 5.78 Å². The molecule has 1 atom stereocenters. The highest BCUT2D eigenvalue weighted by atomic mass is 35.5. The average Bonchev–Trinajstić information content (AvgIpc) is 2.62. The van der Waals surface area contributed by atoms with Gasteiger partial charge in [-0.15, -0.1) is 0 Å². The molecule has 18 heavy (non-hydrogen) atoms. The summed E-state index contributed by atoms with van der Waals surface area (Å²) in [4.78, 5) is 11.4. The van der Waals surface area contributed by atoms with Gasteiger partial charge in [-0.2, -0.15) is 9.40 Å². The molecule has 1 unspecified atom stereocenters. The molecule has 0 aromatic carbocycles. The molecule has 0 N–H and O–H groups in total. The van der Waals surface area contributed by atoms with Crippen molar-refractivity contribution in [2.45, 2.75) is 18.4 Å². The fourth-order valence-corrected chi connectivity index (χ4v) is 4.14. The molecule has 0 aliphatic carbocycles. The van der Waals surface area contributed by atoms with Crippen LogP contribution in [0.1, 0.15) is 13.3 Å². The quantitative estimate of drug-likeness (QED) is 0.803. The number of aromatic nitrogens is 2. The molecular weight excluding hydrogens is 278 g/mol. The van der Waals surface area contributed by atoms with Crippen LogP contribution in [-0.2, 0) is 21.9 Å². The zero-order valence-corrected chi connectivity index (χ0v) is 11.7. The first kappa shape index (κ1) is 13.5. The highest BCUT2D eigenvalue weighted by molar-refractivity contribution is 7.89. The van der Waals surface area contributed by atoms with E-state index in [4.69, 9.17) is 11.6 Å². The van der Waals surface area contributed by atoms with Crippen molar-refractivity contribution in [3.05, 3.63) is 11.2 Å². The Balaban J connectivity index is 2.36. The Kier molecular flexibility index (Phi) is 3.48. The minimum atomic E-state index is -3.69. The van der Waals surface area contributed by atoms with E-state index in [9.17, 15) is 13.2 Å². The Labute approximate surface area is 111 Å². The van der Waals surface area contributed by atoms with Crippen LogP contribution >= 0.6 is 11.6 Å². The number of halogens is 1. The summed E-state index contributed by atoms with van der Waals surface area (Å²) in [5.41, 5.74) is 0. The van der Waals surface area contributed by atoms with E-state index in [1.165, 1.54) is 22.2 Å². The van der Waals surface area contributed by atoms with Gasteiger partial charge >= 0.3 is 0 Å². The summed E-state index contributed by atoms with van der Waals surface area (Å²) >= 11 is 5.86. The van der Waals surface area contributed by atoms with Crippen LogP contribution in [0, 0.1) is 5.92 Å². The maximum Gasteiger partial charge on any atom is 0.261 e. The molecule has 0 amide bonds. The lowest BCUT2D eigenvalue weighted by Crippen LogP contribution is -2.43. The van der Waals surface area contributed by atoms with Crippen LogP contribution in [0.2, 0.25) is 5.02 Å². The second-order valence-electron chi connectivity index (χ2n) is 4.40. The Bertz CT molecular complexity index is 562. The molecule has 1 fully saturated rings. The third-order valence-electron chi connectivity index (χ3n) is 3.06. The van der Waals surface area contributed by atoms with Crippen LogP contribution in [0.4, 0.5) is 0 Å². The lowest BCUT2D eigenvalue weighted by atomic mass is 10.0. The van der Waals surface area contributed by atoms with Crippen molar-refractivity contribution in [3.63, 3.8) is 0 Å². The number of carbonyl (C=O) groups excluding carboxylic acids is 1. The molecule has 1 aliphatic heterocycles. The van der Waals surface area contributed by atoms with Crippen molar-refractivity contribution in [3.8, 4) is 0 Å². The predicted molar refractivity (Wildman–Crippen MR) is 65.8 cm³/mol. The minimum Gasteiger partial charge on any atom is -0.299 e. The lowest BCUT2D eigenvalue weighted by Gasteiger charge is -2.29. The third-order valence-corrected chi connectivity index (χ3v) is 5.43. The van der Waals surface area contributed by atoms with E-state index in [2.05, 4.69) is 5.10 Å². The van der Waals surface area contributed by atoms with Crippen LogP contribution in [0.25, 0.3) is 0 Å². The van der Waals surface area contributed by atoms with Gasteiger partial charge in [-0.05, 0) is 0 Å². The fraction of sp³-hybridized carbons (Fsp3) is 0.600. The molecule has 0 bridgehead atoms. The molecule has 1 aliphatic rings. The van der Waals surface area contributed by atoms with E-state index < -0.39 is 10.0 Å². The van der Waals surface area contributed by atoms with Crippen molar-refractivity contribution in [1.29, 1.82) is 0 Å². The normalized spacial score (nSPS) is 22.4. The highest BCUT2D eigenvalue weighted by Gasteiger charge is 2.35. The van der Waals surface area contributed by atoms with Crippen molar-refractivity contribution < 1.29 is 13.2 Å². The van der Waals surface area contributed by atoms with Crippen molar-refractivity contribution in [2.75, 3.05) is 13.1 Å². The summed E-state index contributed by atoms with van der Waals surface area (Å²) in [5, 5.41) is 3.90. The van der Waals surface area contributed by atoms with Crippen LogP contribution in [-0.4, -0.2) is 41.4 Å². The molecule has 1 saturated heterocycles. The number of aryl methyl sites for hydroxylation is 1. The summed E-state index contributed by atoms with van der Waals surface area (Å²) < 4.78 is 27.4. The van der Waals surface area contributed by atoms with Gasteiger partial charge in [-0.3, -0.25) is 9.48 Å². The Morgan fingerprint density at radius 3 is 2.67 bits per heavy atom. The fourth-order valence-electron chi connectivity index (χ4n) is 2.01. The van der Waals surface area contributed by atoms with Crippen molar-refractivity contribution in [2.24, 2.45) is 13.0 Å². The third kappa shape index (κ3) is 2.17. The van der Waals surface area contributed by atoms with Gasteiger partial charge < -0.3 is 0 Å². The molecule has 2 heterocycles. The average molecular weight is 292 g/mol. The number of carbonyl (C=O) groups is 1. The van der Waals surface area contributed by atoms with Crippen LogP contribution < -0.4 is 0 Å². The Hall–Kier alpha value is -0.920. The summed E-state index contributed by atoms with van der Waals surface area (Å²) in [5.74, 6) is -0.182. The number of hydrogen-bond donors (Lipinski definition) is 0. The Morgan fingerprint density at radius 2 is 2.17 bits per heavy atom. The van der Waals surface area contributed by atoms with Gasteiger partial charge in [0.15, 0.2) is 5.03 Å². The summed E-state index contributed by atoms with van der Waals surface area (Å²) in [7, 11) is -2.16. The molecule has 0 radical (unpaired) electrons. The molecule has 0 saturated carbocycles. The van der Waals surface area contributed by atoms with Gasteiger partial charge in [0, 0.05) is 32.5 Å². The molecule has 2 rings (SSSR count). The first-order valence-corrected chi connectivity index (χ1v) is 7.36. The van der Waals surface area contributed by atoms with E-state index in [0.717, 1.165) is 0 Å². The zero-order chi connectivity index (χ0) is 13.5. The second kappa shape index (κ2) is 4.64. The molecule has 1 aromatic heterocycles. The second-order valence-corrected chi connectivity index (χ2v) is 6.66. The summed E-state index contributed by atoms with van der Waals surface area (Å²) in [6, 6.07) is 0. The lowest BCUT2D eigenvalue weighted by molar-refractivity contribution is -0.124. The first-order valence-electron chi connectivity index (χ1n) is 5.54. The van der Waals surface area contributed by atoms with Crippen LogP contribution in [0.3, 0.4) is 0 Å². The largest absolute Gasteiger partial charge is 0.299 e. The molecule has 6 nitrogen and oxygen atoms in total. The van der Waals surface area contributed by atoms with E-state index in [-0.39, 0.29) is 41.3 Å². The predicted octanol–water partition coefficient (Wildman–Crippen LogP) is 0.673. The number of Topliss-reactive ketones (excluding diaryl/α,β-unsaturated/α-hetero) is 1. The number of sulfonamides is 1. The minimum absolute atomic E-state index is 0.0225. The van der Waals surface area contributed by atoms with E-state index in [0.29, 0.717) is 0 Å². The maximum atomic E-state index is 12.4. The molecule has 0 spiro atoms. The van der Waals surface area contributed by atoms with Crippen molar-refractivity contribution in [1.82, 2.24) is 14.1 Å². The standard InChI is InChI=1S/C10H14ClN3O3S/c1-7-6-14(4-3-9(7)15)18(16,17)10-8(11)5-12-13(10)2/h5,7H,3-4,6H2,1-2H3. The van der Waals surface area contributed by atoms with E-state index in [1.807, 2.05) is 0 Å². The number of ketones is 1. The summed E-state index contributed by atoms with van der Waals surface area (Å²) in [6.07, 6.45) is 1.54. The molecular formula is C10H14ClN3O3S.